The van der Waals surface area contributed by atoms with E-state index in [1.54, 1.807) is 0 Å². The minimum Gasteiger partial charge on any atom is -1.00 e. The van der Waals surface area contributed by atoms with Crippen LogP contribution in [0.15, 0.2) is 36.4 Å². The fourth-order valence-corrected chi connectivity index (χ4v) is 6.76. The lowest BCUT2D eigenvalue weighted by Gasteiger charge is -2.19. The van der Waals surface area contributed by atoms with Gasteiger partial charge in [0.05, 0.1) is 24.1 Å². The minimum atomic E-state index is -4.18. The molecule has 0 aliphatic heterocycles. The maximum Gasteiger partial charge on any atom is 0.362 e. The summed E-state index contributed by atoms with van der Waals surface area (Å²) < 4.78 is 33.9. The molecule has 24 heteroatoms. The van der Waals surface area contributed by atoms with Gasteiger partial charge in [-0.05, 0) is 23.3 Å². The lowest BCUT2D eigenvalue weighted by atomic mass is 10.2. The van der Waals surface area contributed by atoms with Gasteiger partial charge in [0.1, 0.15) is 0 Å². The molecule has 0 heterocycles. The van der Waals surface area contributed by atoms with Crippen LogP contribution in [0.2, 0.25) is 0 Å². The summed E-state index contributed by atoms with van der Waals surface area (Å²) in [4.78, 5) is 61.5. The first-order chi connectivity index (χ1) is 21.2. The largest absolute Gasteiger partial charge is 1.00 e. The van der Waals surface area contributed by atoms with Crippen molar-refractivity contribution in [3.05, 3.63) is 67.8 Å². The van der Waals surface area contributed by atoms with Crippen LogP contribution in [0.25, 0.3) is 0 Å². The van der Waals surface area contributed by atoms with Gasteiger partial charge in [0, 0.05) is 37.3 Å². The van der Waals surface area contributed by atoms with E-state index in [0.29, 0.717) is 0 Å². The zero-order valence-corrected chi connectivity index (χ0v) is 28.6. The molecule has 48 heavy (non-hydrogen) atoms. The third-order valence-electron chi connectivity index (χ3n) is 6.45. The van der Waals surface area contributed by atoms with Crippen molar-refractivity contribution in [1.29, 1.82) is 0 Å². The van der Waals surface area contributed by atoms with Gasteiger partial charge >= 0.3 is 23.3 Å². The molecule has 2 aromatic rings. The lowest BCUT2D eigenvalue weighted by Crippen LogP contribution is -3.00. The molecule has 0 amide bonds. The van der Waals surface area contributed by atoms with Crippen LogP contribution in [-0.2, 0) is 18.7 Å². The van der Waals surface area contributed by atoms with Crippen LogP contribution in [0, 0.1) is 20.2 Å². The van der Waals surface area contributed by atoms with Crippen molar-refractivity contribution in [2.75, 3.05) is 26.5 Å². The summed E-state index contributed by atoms with van der Waals surface area (Å²) in [6, 6.07) is 4.60. The molecule has 0 bridgehead atoms. The predicted octanol–water partition coefficient (Wildman–Crippen LogP) is -6.09. The number of quaternary nitrogens is 2. The molecule has 0 radical (unpaired) electrons. The van der Waals surface area contributed by atoms with E-state index in [1.807, 2.05) is 0 Å². The number of carbonyl (C=O) groups is 2. The highest BCUT2D eigenvalue weighted by Crippen LogP contribution is 2.56. The number of carboxylic acids is 2. The number of methoxy groups -OCH3 is 2. The number of hydrogen-bond donors (Lipinski definition) is 8. The quantitative estimate of drug-likeness (QED) is 0.0447. The van der Waals surface area contributed by atoms with Crippen LogP contribution < -0.4 is 45.8 Å². The van der Waals surface area contributed by atoms with Gasteiger partial charge in [-0.25, -0.2) is 9.59 Å². The molecular formula is C24H36Cl2N4O16P2. The first-order valence-corrected chi connectivity index (χ1v) is 16.8. The average Bonchev–Trinajstić information content (AvgIpc) is 3.00. The fraction of sp³-hybridized carbons (Fsp3) is 0.417. The van der Waals surface area contributed by atoms with Crippen molar-refractivity contribution >= 4 is 38.1 Å². The Labute approximate surface area is 284 Å². The third kappa shape index (κ3) is 13.2. The number of hydrogen-bond acceptors (Lipinski definition) is 12. The van der Waals surface area contributed by atoms with Gasteiger partial charge < -0.3 is 76.0 Å². The first-order valence-electron chi connectivity index (χ1n) is 13.0. The summed E-state index contributed by atoms with van der Waals surface area (Å²) >= 11 is 0. The molecule has 2 aromatic carbocycles. The van der Waals surface area contributed by atoms with Crippen molar-refractivity contribution in [3.63, 3.8) is 0 Å². The van der Waals surface area contributed by atoms with Crippen molar-refractivity contribution in [2.45, 2.75) is 36.6 Å². The van der Waals surface area contributed by atoms with Crippen molar-refractivity contribution in [1.82, 2.24) is 0 Å². The number of carboxylic acid groups (broad SMARTS) is 2. The van der Waals surface area contributed by atoms with E-state index in [1.165, 1.54) is 38.5 Å². The normalized spacial score (nSPS) is 15.5. The highest BCUT2D eigenvalue weighted by atomic mass is 35.5. The maximum atomic E-state index is 12.2. The Kier molecular flexibility index (Phi) is 19.6. The number of nitro groups is 2. The average molecular weight is 769 g/mol. The molecule has 0 aromatic heterocycles. The summed E-state index contributed by atoms with van der Waals surface area (Å²) in [7, 11) is -5.90. The van der Waals surface area contributed by atoms with Crippen LogP contribution in [-0.4, -0.2) is 90.6 Å². The summed E-state index contributed by atoms with van der Waals surface area (Å²) in [5.41, 5.74) is 5.47. The molecule has 2 rings (SSSR count). The second-order valence-corrected chi connectivity index (χ2v) is 14.6. The SMILES string of the molecule is COc1ccc(C(O)P(=O)(O)CC[C@H]([NH3+])C(=O)O)cc1[N+](=O)[O-].COc1ccc(C(O)P(=O)(O)CC[C@H]([NH3+])C(=O)O)cc1[N+](=O)[O-].[Cl-].[Cl-]. The van der Waals surface area contributed by atoms with E-state index in [0.717, 1.165) is 12.1 Å². The summed E-state index contributed by atoms with van der Waals surface area (Å²) in [6.45, 7) is 0. The standard InChI is InChI=1S/2C12H17N2O8P.2ClH/c2*1-22-10-3-2-7(6-9(10)14(18)19)12(17)23(20,21)5-4-8(13)11(15)16;;/h2*2-3,6,8,12,17H,4-5,13H2,1H3,(H,15,16)(H,20,21);2*1H/t2*8-,12?;;/m00../s1. The number of nitrogens with zero attached hydrogens (tertiary/aromatic N) is 2. The Bertz CT molecular complexity index is 1420. The molecule has 272 valence electrons. The van der Waals surface area contributed by atoms with E-state index in [9.17, 15) is 58.9 Å². The van der Waals surface area contributed by atoms with Gasteiger partial charge in [0.25, 0.3) is 0 Å². The fourth-order valence-electron chi connectivity index (χ4n) is 3.66. The van der Waals surface area contributed by atoms with Crippen LogP contribution in [0.5, 0.6) is 11.5 Å². The number of aliphatic hydroxyl groups excluding tert-OH is 2. The molecule has 12 N–H and O–H groups in total. The van der Waals surface area contributed by atoms with Gasteiger partial charge in [-0.1, -0.05) is 12.1 Å². The van der Waals surface area contributed by atoms with E-state index in [4.69, 9.17) is 19.7 Å². The van der Waals surface area contributed by atoms with Crippen molar-refractivity contribution < 1.29 is 105 Å². The Morgan fingerprint density at radius 2 is 1.04 bits per heavy atom. The highest BCUT2D eigenvalue weighted by Gasteiger charge is 2.35. The zero-order chi connectivity index (χ0) is 35.6. The molecular weight excluding hydrogens is 733 g/mol. The Morgan fingerprint density at radius 3 is 1.27 bits per heavy atom. The lowest BCUT2D eigenvalue weighted by molar-refractivity contribution is -0.408. The second kappa shape index (κ2) is 20.2. The third-order valence-corrected chi connectivity index (χ3v) is 10.4. The van der Waals surface area contributed by atoms with E-state index in [-0.39, 0.29) is 60.3 Å². The molecule has 0 saturated heterocycles. The van der Waals surface area contributed by atoms with Gasteiger partial charge in [-0.2, -0.15) is 0 Å². The molecule has 20 nitrogen and oxygen atoms in total. The Morgan fingerprint density at radius 1 is 0.750 bits per heavy atom. The monoisotopic (exact) mass is 768 g/mol. The molecule has 4 unspecified atom stereocenters. The first kappa shape index (κ1) is 46.7. The molecule has 0 saturated carbocycles. The Hall–Kier alpha value is -3.42. The van der Waals surface area contributed by atoms with Gasteiger partial charge in [-0.3, -0.25) is 29.4 Å². The number of aliphatic hydroxyl groups is 2. The topological polar surface area (TPSA) is 350 Å². The van der Waals surface area contributed by atoms with Crippen LogP contribution in [0.1, 0.15) is 35.7 Å². The number of rotatable bonds is 16. The number of halogens is 2. The number of benzene rings is 2. The van der Waals surface area contributed by atoms with Gasteiger partial charge in [-0.15, -0.1) is 0 Å². The summed E-state index contributed by atoms with van der Waals surface area (Å²) in [5, 5.41) is 59.3. The predicted molar refractivity (Wildman–Crippen MR) is 156 cm³/mol. The molecule has 0 spiro atoms. The maximum absolute atomic E-state index is 12.2. The summed E-state index contributed by atoms with van der Waals surface area (Å²) in [5.74, 6) is -6.29. The van der Waals surface area contributed by atoms with E-state index in [2.05, 4.69) is 11.5 Å². The Balaban J connectivity index is 0. The molecule has 6 atom stereocenters. The van der Waals surface area contributed by atoms with Crippen LogP contribution in [0.4, 0.5) is 11.4 Å². The smallest absolute Gasteiger partial charge is 0.362 e. The number of aliphatic carboxylic acids is 2. The highest BCUT2D eigenvalue weighted by molar-refractivity contribution is 7.58. The molecule has 0 fully saturated rings. The van der Waals surface area contributed by atoms with Gasteiger partial charge in [0.15, 0.2) is 35.3 Å². The second-order valence-electron chi connectivity index (χ2n) is 9.73. The van der Waals surface area contributed by atoms with Crippen LogP contribution in [0.3, 0.4) is 0 Å². The van der Waals surface area contributed by atoms with Crippen molar-refractivity contribution in [3.8, 4) is 11.5 Å². The molecule has 0 aliphatic rings. The minimum absolute atomic E-state index is 0. The van der Waals surface area contributed by atoms with E-state index >= 15 is 0 Å². The van der Waals surface area contributed by atoms with Gasteiger partial charge in [0.2, 0.25) is 14.7 Å². The molecule has 0 aliphatic carbocycles. The number of ether oxygens (including phenoxy) is 2. The van der Waals surface area contributed by atoms with Crippen molar-refractivity contribution in [2.24, 2.45) is 0 Å². The number of nitro benzene ring substituents is 2. The van der Waals surface area contributed by atoms with E-state index < -0.39 is 84.0 Å². The van der Waals surface area contributed by atoms with Crippen LogP contribution >= 0.6 is 14.7 Å². The summed E-state index contributed by atoms with van der Waals surface area (Å²) in [6.07, 6.45) is -1.38. The zero-order valence-electron chi connectivity index (χ0n) is 25.3.